The fourth-order valence-corrected chi connectivity index (χ4v) is 1.95. The van der Waals surface area contributed by atoms with E-state index in [0.29, 0.717) is 13.2 Å². The third kappa shape index (κ3) is 2.41. The van der Waals surface area contributed by atoms with Crippen LogP contribution in [0.2, 0.25) is 0 Å². The Labute approximate surface area is 106 Å². The van der Waals surface area contributed by atoms with Gasteiger partial charge in [-0.3, -0.25) is 4.90 Å². The zero-order valence-corrected chi connectivity index (χ0v) is 10.5. The lowest BCUT2D eigenvalue weighted by atomic mass is 10.2. The first-order valence-corrected chi connectivity index (χ1v) is 5.98. The van der Waals surface area contributed by atoms with Crippen LogP contribution >= 0.6 is 0 Å². The van der Waals surface area contributed by atoms with E-state index in [4.69, 9.17) is 14.6 Å². The number of benzene rings is 1. The maximum Gasteiger partial charge on any atom is 0.414 e. The third-order valence-corrected chi connectivity index (χ3v) is 2.85. The van der Waals surface area contributed by atoms with Crippen LogP contribution in [0.1, 0.15) is 12.5 Å². The minimum atomic E-state index is -0.440. The summed E-state index contributed by atoms with van der Waals surface area (Å²) in [6.07, 6.45) is -0.859. The fourth-order valence-electron chi connectivity index (χ4n) is 1.95. The molecule has 1 saturated heterocycles. The molecule has 0 unspecified atom stereocenters. The number of aryl methyl sites for hydroxylation is 1. The van der Waals surface area contributed by atoms with Crippen LogP contribution in [-0.2, 0) is 4.74 Å². The van der Waals surface area contributed by atoms with E-state index in [1.807, 2.05) is 32.0 Å². The molecule has 1 aliphatic heterocycles. The lowest BCUT2D eigenvalue weighted by Crippen LogP contribution is -2.25. The second kappa shape index (κ2) is 5.27. The Balaban J connectivity index is 2.19. The van der Waals surface area contributed by atoms with Gasteiger partial charge in [-0.15, -0.1) is 0 Å². The molecule has 0 aromatic heterocycles. The summed E-state index contributed by atoms with van der Waals surface area (Å²) in [5.74, 6) is 0.813. The van der Waals surface area contributed by atoms with Gasteiger partial charge in [-0.1, -0.05) is 0 Å². The minimum Gasteiger partial charge on any atom is -0.494 e. The second-order valence-electron chi connectivity index (χ2n) is 4.18. The van der Waals surface area contributed by atoms with E-state index >= 15 is 0 Å². The molecule has 1 heterocycles. The number of cyclic esters (lactones) is 1. The van der Waals surface area contributed by atoms with Gasteiger partial charge >= 0.3 is 6.09 Å². The van der Waals surface area contributed by atoms with E-state index in [0.717, 1.165) is 17.0 Å². The summed E-state index contributed by atoms with van der Waals surface area (Å²) in [6.45, 7) is 4.69. The molecule has 0 saturated carbocycles. The number of hydrogen-bond acceptors (Lipinski definition) is 4. The van der Waals surface area contributed by atoms with Crippen LogP contribution in [0, 0.1) is 6.92 Å². The number of rotatable bonds is 4. The summed E-state index contributed by atoms with van der Waals surface area (Å²) in [5.41, 5.74) is 1.73. The molecule has 5 heteroatoms. The molecule has 5 nitrogen and oxygen atoms in total. The molecule has 1 aromatic rings. The number of carbonyl (C=O) groups is 1. The molecule has 1 fully saturated rings. The lowest BCUT2D eigenvalue weighted by molar-refractivity contribution is 0.0963. The van der Waals surface area contributed by atoms with Gasteiger partial charge in [0.25, 0.3) is 0 Å². The molecule has 2 rings (SSSR count). The Morgan fingerprint density at radius 3 is 2.89 bits per heavy atom. The van der Waals surface area contributed by atoms with Gasteiger partial charge in [0.05, 0.1) is 19.8 Å². The molecule has 1 N–H and O–H groups in total. The molecule has 0 bridgehead atoms. The van der Waals surface area contributed by atoms with Crippen molar-refractivity contribution in [2.45, 2.75) is 20.0 Å². The summed E-state index contributed by atoms with van der Waals surface area (Å²) in [5, 5.41) is 8.99. The summed E-state index contributed by atoms with van der Waals surface area (Å²) >= 11 is 0. The molecule has 0 aliphatic carbocycles. The van der Waals surface area contributed by atoms with E-state index in [-0.39, 0.29) is 6.61 Å². The SMILES string of the molecule is CCOc1ccc(N2C[C@H](CO)OC2=O)cc1C. The monoisotopic (exact) mass is 251 g/mol. The van der Waals surface area contributed by atoms with Crippen molar-refractivity contribution in [1.82, 2.24) is 0 Å². The normalized spacial score (nSPS) is 18.9. The van der Waals surface area contributed by atoms with Crippen LogP contribution in [-0.4, -0.2) is 37.1 Å². The number of hydrogen-bond donors (Lipinski definition) is 1. The molecule has 1 amide bonds. The van der Waals surface area contributed by atoms with E-state index < -0.39 is 12.2 Å². The molecular formula is C13H17NO4. The van der Waals surface area contributed by atoms with Gasteiger partial charge in [-0.25, -0.2) is 4.79 Å². The number of aliphatic hydroxyl groups excluding tert-OH is 1. The van der Waals surface area contributed by atoms with Gasteiger partial charge in [0, 0.05) is 5.69 Å². The smallest absolute Gasteiger partial charge is 0.414 e. The third-order valence-electron chi connectivity index (χ3n) is 2.85. The second-order valence-corrected chi connectivity index (χ2v) is 4.18. The molecule has 1 atom stereocenters. The summed E-state index contributed by atoms with van der Waals surface area (Å²) in [4.78, 5) is 13.1. The molecule has 18 heavy (non-hydrogen) atoms. The molecule has 1 aromatic carbocycles. The standard InChI is InChI=1S/C13H17NO4/c1-3-17-12-5-4-10(6-9(12)2)14-7-11(8-15)18-13(14)16/h4-6,11,15H,3,7-8H2,1-2H3/t11-/m1/s1. The van der Waals surface area contributed by atoms with E-state index in [1.165, 1.54) is 4.90 Å². The summed E-state index contributed by atoms with van der Waals surface area (Å²) in [6, 6.07) is 5.54. The van der Waals surface area contributed by atoms with E-state index in [1.54, 1.807) is 0 Å². The molecule has 0 radical (unpaired) electrons. The van der Waals surface area contributed by atoms with E-state index in [9.17, 15) is 4.79 Å². The molecular weight excluding hydrogens is 234 g/mol. The van der Waals surface area contributed by atoms with Gasteiger partial charge in [0.1, 0.15) is 11.9 Å². The number of amides is 1. The first kappa shape index (κ1) is 12.7. The quantitative estimate of drug-likeness (QED) is 0.885. The van der Waals surface area contributed by atoms with Gasteiger partial charge in [-0.2, -0.15) is 0 Å². The lowest BCUT2D eigenvalue weighted by Gasteiger charge is -2.15. The van der Waals surface area contributed by atoms with Gasteiger partial charge in [0.2, 0.25) is 0 Å². The van der Waals surface area contributed by atoms with Crippen LogP contribution in [0.25, 0.3) is 0 Å². The summed E-state index contributed by atoms with van der Waals surface area (Å²) in [7, 11) is 0. The fraction of sp³-hybridized carbons (Fsp3) is 0.462. The van der Waals surface area contributed by atoms with Gasteiger partial charge < -0.3 is 14.6 Å². The average Bonchev–Trinajstić information content (AvgIpc) is 2.73. The first-order valence-electron chi connectivity index (χ1n) is 5.98. The van der Waals surface area contributed by atoms with Crippen LogP contribution in [0.15, 0.2) is 18.2 Å². The number of anilines is 1. The van der Waals surface area contributed by atoms with Crippen LogP contribution in [0.3, 0.4) is 0 Å². The van der Waals surface area contributed by atoms with Crippen molar-refractivity contribution in [2.24, 2.45) is 0 Å². The highest BCUT2D eigenvalue weighted by atomic mass is 16.6. The van der Waals surface area contributed by atoms with Crippen molar-refractivity contribution in [3.63, 3.8) is 0 Å². The largest absolute Gasteiger partial charge is 0.494 e. The molecule has 0 spiro atoms. The zero-order valence-electron chi connectivity index (χ0n) is 10.5. The van der Waals surface area contributed by atoms with Gasteiger partial charge in [-0.05, 0) is 37.6 Å². The van der Waals surface area contributed by atoms with E-state index in [2.05, 4.69) is 0 Å². The van der Waals surface area contributed by atoms with Crippen molar-refractivity contribution < 1.29 is 19.4 Å². The topological polar surface area (TPSA) is 59.0 Å². The van der Waals surface area contributed by atoms with Crippen LogP contribution < -0.4 is 9.64 Å². The number of carbonyl (C=O) groups excluding carboxylic acids is 1. The minimum absolute atomic E-state index is 0.155. The van der Waals surface area contributed by atoms with Crippen molar-refractivity contribution in [3.8, 4) is 5.75 Å². The number of ether oxygens (including phenoxy) is 2. The number of nitrogens with zero attached hydrogens (tertiary/aromatic N) is 1. The van der Waals surface area contributed by atoms with Crippen LogP contribution in [0.4, 0.5) is 10.5 Å². The highest BCUT2D eigenvalue weighted by molar-refractivity contribution is 5.90. The van der Waals surface area contributed by atoms with Crippen molar-refractivity contribution in [2.75, 3.05) is 24.7 Å². The Hall–Kier alpha value is -1.75. The number of aliphatic hydroxyl groups is 1. The Morgan fingerprint density at radius 1 is 1.56 bits per heavy atom. The highest BCUT2D eigenvalue weighted by Crippen LogP contribution is 2.27. The van der Waals surface area contributed by atoms with Crippen molar-refractivity contribution >= 4 is 11.8 Å². The summed E-state index contributed by atoms with van der Waals surface area (Å²) < 4.78 is 10.4. The Morgan fingerprint density at radius 2 is 2.33 bits per heavy atom. The Bertz CT molecular complexity index is 447. The zero-order chi connectivity index (χ0) is 13.1. The molecule has 1 aliphatic rings. The predicted octanol–water partition coefficient (Wildman–Crippen LogP) is 1.71. The highest BCUT2D eigenvalue weighted by Gasteiger charge is 2.31. The maximum atomic E-state index is 11.6. The van der Waals surface area contributed by atoms with Crippen molar-refractivity contribution in [1.29, 1.82) is 0 Å². The van der Waals surface area contributed by atoms with Crippen LogP contribution in [0.5, 0.6) is 5.75 Å². The maximum absolute atomic E-state index is 11.6. The predicted molar refractivity (Wildman–Crippen MR) is 67.0 cm³/mol. The van der Waals surface area contributed by atoms with Gasteiger partial charge in [0.15, 0.2) is 0 Å². The Kier molecular flexibility index (Phi) is 3.72. The van der Waals surface area contributed by atoms with Crippen molar-refractivity contribution in [3.05, 3.63) is 23.8 Å². The molecule has 98 valence electrons. The average molecular weight is 251 g/mol. The first-order chi connectivity index (χ1) is 8.65.